The molecule has 0 saturated heterocycles. The minimum Gasteiger partial charge on any atom is -0.485 e. The first-order chi connectivity index (χ1) is 19.0. The van der Waals surface area contributed by atoms with Crippen LogP contribution in [-0.4, -0.2) is 79.0 Å². The van der Waals surface area contributed by atoms with Crippen molar-refractivity contribution in [3.8, 4) is 5.75 Å². The van der Waals surface area contributed by atoms with E-state index in [4.69, 9.17) is 17.2 Å². The van der Waals surface area contributed by atoms with Gasteiger partial charge in [-0.2, -0.15) is 0 Å². The van der Waals surface area contributed by atoms with Crippen LogP contribution in [0.5, 0.6) is 5.75 Å². The van der Waals surface area contributed by atoms with Crippen molar-refractivity contribution < 1.29 is 37.4 Å². The Morgan fingerprint density at radius 3 is 2.20 bits per heavy atom. The van der Waals surface area contributed by atoms with Gasteiger partial charge >= 0.3 is 0 Å². The number of aliphatic hydroxyl groups is 1. The standard InChI is InChI=1S/C26H35F3N6O5/c1-15-2-4-16(5-3-15)24(37)23(34-25(38)19(32)13-22(36)35(10-8-30)11-9-31)26(39)33-17-6-7-20(18(27)12-17)40-14-21(28)29/h2-7,12,19,21,23-24,37H,8-11,13-14,30-32H2,1H3,(H,33,39)(H,34,38)/t19-,23-,24+/m0/s1. The molecule has 0 radical (unpaired) electrons. The number of anilines is 1. The van der Waals surface area contributed by atoms with Crippen LogP contribution in [0.2, 0.25) is 0 Å². The highest BCUT2D eigenvalue weighted by Crippen LogP contribution is 2.24. The molecule has 0 bridgehead atoms. The Kier molecular flexibility index (Phi) is 12.8. The quantitative estimate of drug-likeness (QED) is 0.178. The molecule has 0 unspecified atom stereocenters. The lowest BCUT2D eigenvalue weighted by molar-refractivity contribution is -0.135. The number of ether oxygens (including phenoxy) is 1. The second-order valence-corrected chi connectivity index (χ2v) is 8.95. The van der Waals surface area contributed by atoms with Crippen molar-refractivity contribution >= 4 is 23.4 Å². The van der Waals surface area contributed by atoms with Crippen LogP contribution in [0.1, 0.15) is 23.7 Å². The zero-order valence-corrected chi connectivity index (χ0v) is 22.0. The maximum atomic E-state index is 14.3. The fourth-order valence-electron chi connectivity index (χ4n) is 3.66. The van der Waals surface area contributed by atoms with Gasteiger partial charge in [-0.15, -0.1) is 0 Å². The third kappa shape index (κ3) is 9.79. The van der Waals surface area contributed by atoms with E-state index in [2.05, 4.69) is 15.4 Å². The number of carbonyl (C=O) groups is 3. The van der Waals surface area contributed by atoms with Gasteiger partial charge in [0.25, 0.3) is 6.43 Å². The largest absolute Gasteiger partial charge is 0.485 e. The Labute approximate surface area is 229 Å². The normalized spacial score (nSPS) is 13.3. The van der Waals surface area contributed by atoms with Crippen LogP contribution in [0.3, 0.4) is 0 Å². The second-order valence-electron chi connectivity index (χ2n) is 8.95. The molecule has 0 fully saturated rings. The SMILES string of the molecule is Cc1ccc([C@@H](O)[C@H](NC(=O)[C@@H](N)CC(=O)N(CCN)CCN)C(=O)Nc2ccc(OCC(F)F)c(F)c2)cc1. The summed E-state index contributed by atoms with van der Waals surface area (Å²) < 4.78 is 43.7. The average Bonchev–Trinajstić information content (AvgIpc) is 2.90. The Bertz CT molecular complexity index is 1130. The van der Waals surface area contributed by atoms with E-state index in [1.807, 2.05) is 6.92 Å². The van der Waals surface area contributed by atoms with Crippen molar-refractivity contribution in [2.24, 2.45) is 17.2 Å². The van der Waals surface area contributed by atoms with Gasteiger partial charge in [0, 0.05) is 37.9 Å². The predicted molar refractivity (Wildman–Crippen MR) is 142 cm³/mol. The summed E-state index contributed by atoms with van der Waals surface area (Å²) in [5.74, 6) is -3.77. The van der Waals surface area contributed by atoms with Crippen LogP contribution in [-0.2, 0) is 14.4 Å². The van der Waals surface area contributed by atoms with Crippen molar-refractivity contribution in [3.63, 3.8) is 0 Å². The van der Waals surface area contributed by atoms with Gasteiger partial charge in [0.1, 0.15) is 18.8 Å². The maximum Gasteiger partial charge on any atom is 0.272 e. The summed E-state index contributed by atoms with van der Waals surface area (Å²) in [6.45, 7) is 1.59. The predicted octanol–water partition coefficient (Wildman–Crippen LogP) is 0.398. The Balaban J connectivity index is 2.22. The molecule has 40 heavy (non-hydrogen) atoms. The number of alkyl halides is 2. The van der Waals surface area contributed by atoms with Gasteiger partial charge in [-0.1, -0.05) is 29.8 Å². The highest BCUT2D eigenvalue weighted by atomic mass is 19.3. The van der Waals surface area contributed by atoms with E-state index in [9.17, 15) is 32.7 Å². The summed E-state index contributed by atoms with van der Waals surface area (Å²) in [5, 5.41) is 15.7. The highest BCUT2D eigenvalue weighted by molar-refractivity contribution is 5.99. The minimum absolute atomic E-state index is 0.0964. The molecule has 0 aromatic heterocycles. The molecule has 14 heteroatoms. The maximum absolute atomic E-state index is 14.3. The number of rotatable bonds is 15. The van der Waals surface area contributed by atoms with Crippen LogP contribution in [0.15, 0.2) is 42.5 Å². The summed E-state index contributed by atoms with van der Waals surface area (Å²) in [5.41, 5.74) is 18.0. The van der Waals surface area contributed by atoms with Crippen molar-refractivity contribution in [1.29, 1.82) is 0 Å². The summed E-state index contributed by atoms with van der Waals surface area (Å²) >= 11 is 0. The molecule has 9 N–H and O–H groups in total. The Morgan fingerprint density at radius 2 is 1.65 bits per heavy atom. The van der Waals surface area contributed by atoms with Crippen molar-refractivity contribution in [2.45, 2.75) is 38.0 Å². The van der Waals surface area contributed by atoms with E-state index in [1.165, 1.54) is 11.0 Å². The lowest BCUT2D eigenvalue weighted by Gasteiger charge is -2.26. The number of amides is 3. The molecule has 2 rings (SSSR count). The minimum atomic E-state index is -2.81. The summed E-state index contributed by atoms with van der Waals surface area (Å²) in [4.78, 5) is 40.0. The van der Waals surface area contributed by atoms with E-state index >= 15 is 0 Å². The molecule has 0 aliphatic rings. The first-order valence-electron chi connectivity index (χ1n) is 12.5. The average molecular weight is 569 g/mol. The monoisotopic (exact) mass is 568 g/mol. The number of nitrogens with zero attached hydrogens (tertiary/aromatic N) is 1. The smallest absolute Gasteiger partial charge is 0.272 e. The van der Waals surface area contributed by atoms with E-state index in [0.717, 1.165) is 17.7 Å². The molecular formula is C26H35F3N6O5. The second kappa shape index (κ2) is 15.8. The molecule has 0 aliphatic carbocycles. The number of halogens is 3. The number of hydrogen-bond acceptors (Lipinski definition) is 8. The third-order valence-electron chi connectivity index (χ3n) is 5.76. The first-order valence-corrected chi connectivity index (χ1v) is 12.5. The number of aliphatic hydroxyl groups excluding tert-OH is 1. The number of aryl methyl sites for hydroxylation is 1. The molecule has 11 nitrogen and oxygen atoms in total. The van der Waals surface area contributed by atoms with Gasteiger partial charge in [0.2, 0.25) is 17.7 Å². The number of benzene rings is 2. The van der Waals surface area contributed by atoms with E-state index < -0.39 is 66.9 Å². The van der Waals surface area contributed by atoms with Crippen molar-refractivity contribution in [3.05, 3.63) is 59.4 Å². The number of nitrogens with two attached hydrogens (primary N) is 3. The van der Waals surface area contributed by atoms with Crippen LogP contribution in [0, 0.1) is 12.7 Å². The first kappa shape index (κ1) is 32.5. The molecule has 2 aromatic carbocycles. The van der Waals surface area contributed by atoms with E-state index in [-0.39, 0.29) is 37.4 Å². The molecule has 3 atom stereocenters. The number of nitrogens with one attached hydrogen (secondary N) is 2. The van der Waals surface area contributed by atoms with E-state index in [1.54, 1.807) is 24.3 Å². The van der Waals surface area contributed by atoms with Crippen LogP contribution in [0.25, 0.3) is 0 Å². The fourth-order valence-corrected chi connectivity index (χ4v) is 3.66. The zero-order valence-electron chi connectivity index (χ0n) is 22.0. The molecule has 2 aromatic rings. The molecule has 3 amide bonds. The Hall–Kier alpha value is -3.72. The zero-order chi connectivity index (χ0) is 29.8. The van der Waals surface area contributed by atoms with Crippen LogP contribution >= 0.6 is 0 Å². The van der Waals surface area contributed by atoms with E-state index in [0.29, 0.717) is 0 Å². The van der Waals surface area contributed by atoms with Gasteiger partial charge in [-0.25, -0.2) is 13.2 Å². The van der Waals surface area contributed by atoms with Crippen molar-refractivity contribution in [1.82, 2.24) is 10.2 Å². The molecule has 220 valence electrons. The van der Waals surface area contributed by atoms with Crippen molar-refractivity contribution in [2.75, 3.05) is 38.1 Å². The lowest BCUT2D eigenvalue weighted by atomic mass is 9.99. The van der Waals surface area contributed by atoms with Gasteiger partial charge in [0.15, 0.2) is 11.6 Å². The fraction of sp³-hybridized carbons (Fsp3) is 0.423. The molecule has 0 aliphatic heterocycles. The third-order valence-corrected chi connectivity index (χ3v) is 5.76. The van der Waals surface area contributed by atoms with Gasteiger partial charge in [-0.05, 0) is 24.6 Å². The summed E-state index contributed by atoms with van der Waals surface area (Å²) in [6, 6.07) is 6.59. The summed E-state index contributed by atoms with van der Waals surface area (Å²) in [6.07, 6.45) is -4.78. The van der Waals surface area contributed by atoms with Gasteiger partial charge in [0.05, 0.1) is 12.5 Å². The van der Waals surface area contributed by atoms with Gasteiger partial charge < -0.3 is 42.6 Å². The molecule has 0 saturated carbocycles. The Morgan fingerprint density at radius 1 is 1.02 bits per heavy atom. The molecule has 0 heterocycles. The summed E-state index contributed by atoms with van der Waals surface area (Å²) in [7, 11) is 0. The van der Waals surface area contributed by atoms with Crippen LogP contribution in [0.4, 0.5) is 18.9 Å². The van der Waals surface area contributed by atoms with Crippen LogP contribution < -0.4 is 32.6 Å². The highest BCUT2D eigenvalue weighted by Gasteiger charge is 2.32. The molecule has 0 spiro atoms. The molecular weight excluding hydrogens is 533 g/mol. The number of carbonyl (C=O) groups excluding carboxylic acids is 3. The van der Waals surface area contributed by atoms with Gasteiger partial charge in [-0.3, -0.25) is 14.4 Å². The number of hydrogen-bond donors (Lipinski definition) is 6. The lowest BCUT2D eigenvalue weighted by Crippen LogP contribution is -2.53. The topological polar surface area (TPSA) is 186 Å².